The molecule has 108 valence electrons. The minimum absolute atomic E-state index is 0.0960. The monoisotopic (exact) mass is 295 g/mol. The zero-order valence-electron chi connectivity index (χ0n) is 11.2. The molecule has 4 nitrogen and oxygen atoms in total. The molecule has 0 aromatic heterocycles. The fourth-order valence-corrected chi connectivity index (χ4v) is 2.77. The van der Waals surface area contributed by atoms with Crippen LogP contribution in [0.25, 0.3) is 0 Å². The molecule has 5 heteroatoms. The Morgan fingerprint density at radius 3 is 2.60 bits per heavy atom. The largest absolute Gasteiger partial charge is 0.478 e. The fourth-order valence-electron chi connectivity index (χ4n) is 2.61. The summed E-state index contributed by atoms with van der Waals surface area (Å²) in [4.78, 5) is 22.9. The van der Waals surface area contributed by atoms with Crippen LogP contribution in [0.3, 0.4) is 0 Å². The van der Waals surface area contributed by atoms with Crippen molar-refractivity contribution in [3.8, 4) is 0 Å². The van der Waals surface area contributed by atoms with E-state index in [9.17, 15) is 9.59 Å². The van der Waals surface area contributed by atoms with Crippen LogP contribution in [0.15, 0.2) is 18.2 Å². The summed E-state index contributed by atoms with van der Waals surface area (Å²) in [5.74, 6) is -0.698. The lowest BCUT2D eigenvalue weighted by Crippen LogP contribution is -2.18. The van der Waals surface area contributed by atoms with Gasteiger partial charge in [0.25, 0.3) is 0 Å². The summed E-state index contributed by atoms with van der Waals surface area (Å²) in [6, 6.07) is 4.30. The Hall–Kier alpha value is -1.55. The standard InChI is InChI=1S/C15H18ClNO3/c16-12-7-6-11(15(19)20)9-13(12)17-14(18)8-10-4-2-1-3-5-10/h6-7,9-10H,1-5,8H2,(H,17,18)(H,19,20). The van der Waals surface area contributed by atoms with E-state index in [0.717, 1.165) is 12.8 Å². The average Bonchev–Trinajstić information content (AvgIpc) is 2.42. The minimum atomic E-state index is -1.04. The van der Waals surface area contributed by atoms with Gasteiger partial charge in [-0.3, -0.25) is 4.79 Å². The Kier molecular flexibility index (Phi) is 5.01. The third-order valence-electron chi connectivity index (χ3n) is 3.69. The second kappa shape index (κ2) is 6.75. The van der Waals surface area contributed by atoms with Gasteiger partial charge >= 0.3 is 5.97 Å². The summed E-state index contributed by atoms with van der Waals surface area (Å²) in [5.41, 5.74) is 0.481. The van der Waals surface area contributed by atoms with Crippen LogP contribution in [-0.2, 0) is 4.79 Å². The molecule has 1 aromatic carbocycles. The molecule has 0 spiro atoms. The van der Waals surface area contributed by atoms with Crippen molar-refractivity contribution in [3.05, 3.63) is 28.8 Å². The van der Waals surface area contributed by atoms with Crippen molar-refractivity contribution in [2.45, 2.75) is 38.5 Å². The van der Waals surface area contributed by atoms with Gasteiger partial charge in [-0.2, -0.15) is 0 Å². The molecule has 0 atom stereocenters. The number of carbonyl (C=O) groups excluding carboxylic acids is 1. The Morgan fingerprint density at radius 2 is 1.95 bits per heavy atom. The molecule has 0 aliphatic heterocycles. The molecule has 0 heterocycles. The lowest BCUT2D eigenvalue weighted by molar-refractivity contribution is -0.117. The highest BCUT2D eigenvalue weighted by molar-refractivity contribution is 6.33. The van der Waals surface area contributed by atoms with Crippen molar-refractivity contribution in [2.75, 3.05) is 5.32 Å². The molecule has 1 aliphatic carbocycles. The van der Waals surface area contributed by atoms with Gasteiger partial charge in [-0.25, -0.2) is 4.79 Å². The third kappa shape index (κ3) is 3.97. The lowest BCUT2D eigenvalue weighted by atomic mass is 9.87. The maximum atomic E-state index is 12.0. The smallest absolute Gasteiger partial charge is 0.335 e. The van der Waals surface area contributed by atoms with E-state index >= 15 is 0 Å². The van der Waals surface area contributed by atoms with Gasteiger partial charge in [-0.1, -0.05) is 30.9 Å². The Morgan fingerprint density at radius 1 is 1.25 bits per heavy atom. The van der Waals surface area contributed by atoms with Gasteiger partial charge in [-0.05, 0) is 37.0 Å². The fraction of sp³-hybridized carbons (Fsp3) is 0.467. The summed E-state index contributed by atoms with van der Waals surface area (Å²) >= 11 is 5.98. The number of halogens is 1. The predicted octanol–water partition coefficient (Wildman–Crippen LogP) is 3.95. The zero-order valence-corrected chi connectivity index (χ0v) is 11.9. The number of anilines is 1. The van der Waals surface area contributed by atoms with Gasteiger partial charge in [0, 0.05) is 6.42 Å². The number of carboxylic acids is 1. The molecule has 0 bridgehead atoms. The molecule has 0 saturated heterocycles. The molecule has 1 aliphatic rings. The van der Waals surface area contributed by atoms with E-state index in [2.05, 4.69) is 5.32 Å². The van der Waals surface area contributed by atoms with Gasteiger partial charge in [0.1, 0.15) is 0 Å². The first-order valence-electron chi connectivity index (χ1n) is 6.89. The van der Waals surface area contributed by atoms with Crippen LogP contribution in [0.4, 0.5) is 5.69 Å². The molecule has 2 N–H and O–H groups in total. The second-order valence-corrected chi connectivity index (χ2v) is 5.66. The van der Waals surface area contributed by atoms with Crippen LogP contribution >= 0.6 is 11.6 Å². The van der Waals surface area contributed by atoms with Gasteiger partial charge in [0.05, 0.1) is 16.3 Å². The molecule has 1 amide bonds. The van der Waals surface area contributed by atoms with Gasteiger partial charge in [0.15, 0.2) is 0 Å². The average molecular weight is 296 g/mol. The number of benzene rings is 1. The number of carboxylic acid groups (broad SMARTS) is 1. The maximum absolute atomic E-state index is 12.0. The number of nitrogens with one attached hydrogen (secondary N) is 1. The van der Waals surface area contributed by atoms with Crippen molar-refractivity contribution in [2.24, 2.45) is 5.92 Å². The van der Waals surface area contributed by atoms with E-state index in [1.165, 1.54) is 37.5 Å². The molecular formula is C15H18ClNO3. The summed E-state index contributed by atoms with van der Waals surface area (Å²) in [7, 11) is 0. The first-order chi connectivity index (χ1) is 9.56. The van der Waals surface area contributed by atoms with Crippen molar-refractivity contribution >= 4 is 29.2 Å². The summed E-state index contributed by atoms with van der Waals surface area (Å²) in [6.07, 6.45) is 6.30. The molecule has 1 saturated carbocycles. The molecule has 0 unspecified atom stereocenters. The van der Waals surface area contributed by atoms with Crippen molar-refractivity contribution < 1.29 is 14.7 Å². The lowest BCUT2D eigenvalue weighted by Gasteiger charge is -2.21. The van der Waals surface area contributed by atoms with Crippen LogP contribution in [-0.4, -0.2) is 17.0 Å². The van der Waals surface area contributed by atoms with Crippen LogP contribution in [0, 0.1) is 5.92 Å². The minimum Gasteiger partial charge on any atom is -0.478 e. The first-order valence-corrected chi connectivity index (χ1v) is 7.27. The van der Waals surface area contributed by atoms with E-state index < -0.39 is 5.97 Å². The molecular weight excluding hydrogens is 278 g/mol. The summed E-state index contributed by atoms with van der Waals surface area (Å²) in [5, 5.41) is 12.0. The normalized spacial score (nSPS) is 15.8. The van der Waals surface area contributed by atoms with E-state index in [0.29, 0.717) is 23.0 Å². The van der Waals surface area contributed by atoms with Crippen molar-refractivity contribution in [1.82, 2.24) is 0 Å². The number of rotatable bonds is 4. The highest BCUT2D eigenvalue weighted by atomic mass is 35.5. The number of hydrogen-bond donors (Lipinski definition) is 2. The molecule has 0 radical (unpaired) electrons. The molecule has 1 fully saturated rings. The summed E-state index contributed by atoms with van der Waals surface area (Å²) < 4.78 is 0. The molecule has 2 rings (SSSR count). The van der Waals surface area contributed by atoms with Crippen molar-refractivity contribution in [1.29, 1.82) is 0 Å². The van der Waals surface area contributed by atoms with E-state index in [-0.39, 0.29) is 11.5 Å². The first kappa shape index (κ1) is 14.9. The van der Waals surface area contributed by atoms with Gasteiger partial charge in [0.2, 0.25) is 5.91 Å². The topological polar surface area (TPSA) is 66.4 Å². The Labute approximate surface area is 123 Å². The second-order valence-electron chi connectivity index (χ2n) is 5.26. The zero-order chi connectivity index (χ0) is 14.5. The molecule has 20 heavy (non-hydrogen) atoms. The number of hydrogen-bond acceptors (Lipinski definition) is 2. The Bertz CT molecular complexity index is 510. The van der Waals surface area contributed by atoms with Crippen LogP contribution in [0.5, 0.6) is 0 Å². The van der Waals surface area contributed by atoms with Crippen LogP contribution in [0.2, 0.25) is 5.02 Å². The number of aromatic carboxylic acids is 1. The molecule has 1 aromatic rings. The number of carbonyl (C=O) groups is 2. The third-order valence-corrected chi connectivity index (χ3v) is 4.02. The van der Waals surface area contributed by atoms with E-state index in [4.69, 9.17) is 16.7 Å². The van der Waals surface area contributed by atoms with Crippen LogP contribution in [0.1, 0.15) is 48.9 Å². The van der Waals surface area contributed by atoms with E-state index in [1.54, 1.807) is 0 Å². The van der Waals surface area contributed by atoms with Crippen LogP contribution < -0.4 is 5.32 Å². The Balaban J connectivity index is 1.99. The quantitative estimate of drug-likeness (QED) is 0.884. The maximum Gasteiger partial charge on any atom is 0.335 e. The van der Waals surface area contributed by atoms with Crippen molar-refractivity contribution in [3.63, 3.8) is 0 Å². The highest BCUT2D eigenvalue weighted by Gasteiger charge is 2.18. The van der Waals surface area contributed by atoms with Gasteiger partial charge < -0.3 is 10.4 Å². The highest BCUT2D eigenvalue weighted by Crippen LogP contribution is 2.28. The van der Waals surface area contributed by atoms with Gasteiger partial charge in [-0.15, -0.1) is 0 Å². The summed E-state index contributed by atoms with van der Waals surface area (Å²) in [6.45, 7) is 0. The SMILES string of the molecule is O=C(CC1CCCCC1)Nc1cc(C(=O)O)ccc1Cl. The number of amides is 1. The van der Waals surface area contributed by atoms with E-state index in [1.807, 2.05) is 0 Å². The predicted molar refractivity (Wildman–Crippen MR) is 78.2 cm³/mol.